The first-order valence-electron chi connectivity index (χ1n) is 29.9. The van der Waals surface area contributed by atoms with Gasteiger partial charge in [-0.25, -0.2) is 4.68 Å². The van der Waals surface area contributed by atoms with E-state index < -0.39 is 5.91 Å². The standard InChI is InChI=1S/C67H91N7O7/c1-10-33-72-56-23-14-12-21-53(56)66(6,7)60(72)29-25-49-19-16-20-50(26-30-61-67(8,9)54-22-13-15-24-57(54)73(61)34-11-2)63(49)70-32-18-36-78-38-40-80-42-44-81-43-41-79-39-37-77-35-17-31-69-55-45-51(27-28-52(55)64(68)76)74-58-46-65(4,5)47-59(75)62(58)48(3)71-74/h12-15,21-30,45H,10-11,16-20,31-44,46-47H2,1-9H3,(H3,68,69,76)/p+1/b49-25+,60-29-. The number of nitrogens with two attached hydrogens (primary N) is 1. The van der Waals surface area contributed by atoms with Crippen molar-refractivity contribution in [3.8, 4) is 5.69 Å². The molecule has 0 atom stereocenters. The zero-order chi connectivity index (χ0) is 57.6. The summed E-state index contributed by atoms with van der Waals surface area (Å²) in [5.74, 6) is -0.396. The number of nitrogens with zero attached hydrogens (tertiary/aromatic N) is 4. The second kappa shape index (κ2) is 28.2. The van der Waals surface area contributed by atoms with Gasteiger partial charge in [0.1, 0.15) is 6.54 Å². The monoisotopic (exact) mass is 1110 g/mol. The average molecular weight is 1110 g/mol. The zero-order valence-corrected chi connectivity index (χ0v) is 50.1. The van der Waals surface area contributed by atoms with Gasteiger partial charge in [-0.2, -0.15) is 9.67 Å². The SMILES string of the molecule is CCCN1/C(=C\C=C2/CCCC(/C=C/C3=[N+](CCC)c4ccccc4C3(C)C)=C2NCCCOCCOCCOCCOCCOCCCNc2cc(-n3nc(C)c4c3CC(C)(C)CC4=O)ccc2C(N)=O)C(C)(C)c2ccccc21. The van der Waals surface area contributed by atoms with E-state index in [1.165, 1.54) is 50.8 Å². The second-order valence-corrected chi connectivity index (χ2v) is 23.8. The number of rotatable bonds is 31. The third-order valence-corrected chi connectivity index (χ3v) is 16.2. The first-order valence-corrected chi connectivity index (χ1v) is 29.9. The van der Waals surface area contributed by atoms with Crippen molar-refractivity contribution in [2.45, 2.75) is 131 Å². The number of Topliss-reactive ketones (excluding diaryl/α,β-unsaturated/α-hetero) is 1. The lowest BCUT2D eigenvalue weighted by molar-refractivity contribution is -0.437. The maximum atomic E-state index is 13.0. The zero-order valence-electron chi connectivity index (χ0n) is 50.1. The minimum absolute atomic E-state index is 0.0884. The topological polar surface area (TPSA) is 154 Å². The van der Waals surface area contributed by atoms with Crippen molar-refractivity contribution >= 4 is 34.5 Å². The van der Waals surface area contributed by atoms with E-state index in [4.69, 9.17) is 34.5 Å². The van der Waals surface area contributed by atoms with E-state index in [1.807, 2.05) is 23.7 Å². The molecule has 3 aromatic carbocycles. The molecule has 2 aliphatic heterocycles. The number of fused-ring (bicyclic) bond motifs is 3. The normalized spacial score (nSPS) is 18.1. The number of aromatic nitrogens is 2. The minimum Gasteiger partial charge on any atom is -0.385 e. The van der Waals surface area contributed by atoms with Gasteiger partial charge in [-0.15, -0.1) is 0 Å². The number of carbonyl (C=O) groups is 2. The number of ether oxygens (including phenoxy) is 5. The Kier molecular flexibility index (Phi) is 21.2. The van der Waals surface area contributed by atoms with Crippen molar-refractivity contribution in [1.82, 2.24) is 15.1 Å². The molecule has 14 heteroatoms. The number of allylic oxidation sites excluding steroid dienone is 7. The van der Waals surface area contributed by atoms with Gasteiger partial charge in [-0.1, -0.05) is 90.1 Å². The second-order valence-electron chi connectivity index (χ2n) is 23.8. The van der Waals surface area contributed by atoms with E-state index in [0.717, 1.165) is 81.7 Å². The third kappa shape index (κ3) is 14.7. The first-order chi connectivity index (χ1) is 39.1. The van der Waals surface area contributed by atoms with Crippen molar-refractivity contribution in [3.05, 3.63) is 147 Å². The number of amides is 1. The van der Waals surface area contributed by atoms with Gasteiger partial charge in [-0.3, -0.25) is 9.59 Å². The molecule has 0 saturated carbocycles. The van der Waals surface area contributed by atoms with Crippen molar-refractivity contribution < 1.29 is 37.8 Å². The van der Waals surface area contributed by atoms with Crippen molar-refractivity contribution in [3.63, 3.8) is 0 Å². The molecule has 81 heavy (non-hydrogen) atoms. The Morgan fingerprint density at radius 1 is 0.728 bits per heavy atom. The number of anilines is 2. The molecule has 8 rings (SSSR count). The fourth-order valence-corrected chi connectivity index (χ4v) is 12.2. The minimum atomic E-state index is -0.518. The summed E-state index contributed by atoms with van der Waals surface area (Å²) in [6, 6.07) is 23.2. The van der Waals surface area contributed by atoms with Crippen molar-refractivity contribution in [2.75, 3.05) is 102 Å². The molecule has 436 valence electrons. The predicted octanol–water partition coefficient (Wildman–Crippen LogP) is 11.8. The summed E-state index contributed by atoms with van der Waals surface area (Å²) >= 11 is 0. The number of nitrogens with one attached hydrogen (secondary N) is 2. The molecule has 3 heterocycles. The number of benzene rings is 3. The summed E-state index contributed by atoms with van der Waals surface area (Å²) in [5, 5.41) is 12.0. The number of primary amides is 1. The summed E-state index contributed by atoms with van der Waals surface area (Å²) < 4.78 is 33.4. The van der Waals surface area contributed by atoms with Crippen LogP contribution in [0.2, 0.25) is 0 Å². The van der Waals surface area contributed by atoms with Gasteiger partial charge in [0.25, 0.3) is 5.91 Å². The molecule has 14 nitrogen and oxygen atoms in total. The summed E-state index contributed by atoms with van der Waals surface area (Å²) in [5.41, 5.74) is 21.7. The maximum Gasteiger partial charge on any atom is 0.250 e. The molecular weight excluding hydrogens is 1010 g/mol. The lowest BCUT2D eigenvalue weighted by atomic mass is 9.75. The Bertz CT molecular complexity index is 2990. The molecule has 4 aromatic rings. The van der Waals surface area contributed by atoms with E-state index in [0.29, 0.717) is 102 Å². The number of hydrogen-bond acceptors (Lipinski definition) is 11. The third-order valence-electron chi connectivity index (χ3n) is 16.2. The Morgan fingerprint density at radius 3 is 2.01 bits per heavy atom. The van der Waals surface area contributed by atoms with Gasteiger partial charge in [-0.05, 0) is 118 Å². The number of aryl methyl sites for hydroxylation is 1. The Hall–Kier alpha value is -6.16. The highest BCUT2D eigenvalue weighted by atomic mass is 16.6. The molecule has 1 aromatic heterocycles. The van der Waals surface area contributed by atoms with Crippen LogP contribution in [-0.2, 0) is 40.9 Å². The molecule has 2 aliphatic carbocycles. The molecule has 0 radical (unpaired) electrons. The van der Waals surface area contributed by atoms with Crippen LogP contribution in [-0.4, -0.2) is 124 Å². The molecule has 1 amide bonds. The fourth-order valence-electron chi connectivity index (χ4n) is 12.2. The van der Waals surface area contributed by atoms with E-state index in [-0.39, 0.29) is 22.0 Å². The highest BCUT2D eigenvalue weighted by Crippen LogP contribution is 2.48. The highest BCUT2D eigenvalue weighted by Gasteiger charge is 2.44. The number of hydrogen-bond donors (Lipinski definition) is 3. The van der Waals surface area contributed by atoms with E-state index in [9.17, 15) is 9.59 Å². The highest BCUT2D eigenvalue weighted by molar-refractivity contribution is 6.03. The number of carbonyl (C=O) groups excluding carboxylic acids is 2. The van der Waals surface area contributed by atoms with E-state index in [1.54, 1.807) is 6.07 Å². The molecule has 0 saturated heterocycles. The van der Waals surface area contributed by atoms with Crippen LogP contribution in [0.15, 0.2) is 114 Å². The van der Waals surface area contributed by atoms with Gasteiger partial charge in [0.05, 0.1) is 86.5 Å². The molecule has 0 unspecified atom stereocenters. The van der Waals surface area contributed by atoms with Crippen LogP contribution in [0.5, 0.6) is 0 Å². The Morgan fingerprint density at radius 2 is 1.36 bits per heavy atom. The van der Waals surface area contributed by atoms with Gasteiger partial charge in [0, 0.05) is 91.6 Å². The Labute approximate surface area is 482 Å². The quantitative estimate of drug-likeness (QED) is 0.0326. The molecule has 0 bridgehead atoms. The van der Waals surface area contributed by atoms with Crippen molar-refractivity contribution in [2.24, 2.45) is 11.1 Å². The van der Waals surface area contributed by atoms with Crippen LogP contribution in [0.1, 0.15) is 150 Å². The summed E-state index contributed by atoms with van der Waals surface area (Å²) in [6.45, 7) is 28.5. The van der Waals surface area contributed by atoms with Crippen LogP contribution in [0, 0.1) is 12.3 Å². The largest absolute Gasteiger partial charge is 0.385 e. The molecule has 4 aliphatic rings. The van der Waals surface area contributed by atoms with Crippen LogP contribution in [0.3, 0.4) is 0 Å². The molecule has 0 spiro atoms. The lowest BCUT2D eigenvalue weighted by Crippen LogP contribution is -2.28. The number of para-hydroxylation sites is 2. The number of ketones is 1. The van der Waals surface area contributed by atoms with Gasteiger partial charge >= 0.3 is 0 Å². The fraction of sp³-hybridized carbons (Fsp3) is 0.522. The van der Waals surface area contributed by atoms with Crippen LogP contribution < -0.4 is 21.3 Å². The van der Waals surface area contributed by atoms with E-state index >= 15 is 0 Å². The summed E-state index contributed by atoms with van der Waals surface area (Å²) in [4.78, 5) is 27.8. The van der Waals surface area contributed by atoms with Gasteiger partial charge in [0.15, 0.2) is 11.5 Å². The van der Waals surface area contributed by atoms with Crippen molar-refractivity contribution in [1.29, 1.82) is 0 Å². The summed E-state index contributed by atoms with van der Waals surface area (Å²) in [7, 11) is 0. The average Bonchev–Trinajstić information content (AvgIpc) is 4.04. The van der Waals surface area contributed by atoms with Crippen LogP contribution in [0.25, 0.3) is 5.69 Å². The Balaban J connectivity index is 0.726. The first kappa shape index (κ1) is 60.9. The van der Waals surface area contributed by atoms with Crippen LogP contribution >= 0.6 is 0 Å². The van der Waals surface area contributed by atoms with E-state index in [2.05, 4.69) is 148 Å². The summed E-state index contributed by atoms with van der Waals surface area (Å²) in [6.07, 6.45) is 17.8. The van der Waals surface area contributed by atoms with Gasteiger partial charge in [0.2, 0.25) is 5.69 Å². The molecule has 4 N–H and O–H groups in total. The lowest BCUT2D eigenvalue weighted by Gasteiger charge is -2.29. The predicted molar refractivity (Wildman–Crippen MR) is 326 cm³/mol. The maximum absolute atomic E-state index is 13.0. The molecule has 0 fully saturated rings. The van der Waals surface area contributed by atoms with Gasteiger partial charge < -0.3 is 45.0 Å². The molecular formula is C67H92N7O7+. The van der Waals surface area contributed by atoms with Crippen LogP contribution in [0.4, 0.5) is 17.1 Å². The smallest absolute Gasteiger partial charge is 0.250 e.